The van der Waals surface area contributed by atoms with Crippen LogP contribution in [0.4, 0.5) is 22.0 Å². The number of rotatable bonds is 2. The zero-order chi connectivity index (χ0) is 14.1. The average Bonchev–Trinajstić information content (AvgIpc) is 2.17. The van der Waals surface area contributed by atoms with Gasteiger partial charge in [-0.05, 0) is 6.42 Å². The van der Waals surface area contributed by atoms with Gasteiger partial charge in [-0.25, -0.2) is 8.78 Å². The maximum absolute atomic E-state index is 13.4. The van der Waals surface area contributed by atoms with E-state index in [9.17, 15) is 31.5 Å². The molecule has 1 amide bonds. The number of likely N-dealkylation sites (tertiary alicyclic amines) is 1. The Morgan fingerprint density at radius 1 is 1.33 bits per heavy atom. The molecule has 0 radical (unpaired) electrons. The summed E-state index contributed by atoms with van der Waals surface area (Å²) < 4.78 is 63.0. The Kier molecular flexibility index (Phi) is 3.82. The van der Waals surface area contributed by atoms with Crippen LogP contribution < -0.4 is 0 Å². The molecule has 18 heavy (non-hydrogen) atoms. The van der Waals surface area contributed by atoms with Crippen LogP contribution in [0.2, 0.25) is 0 Å². The molecule has 1 unspecified atom stereocenters. The highest BCUT2D eigenvalue weighted by atomic mass is 19.4. The molecular formula is C9H10F5NO3. The summed E-state index contributed by atoms with van der Waals surface area (Å²) in [5.74, 6) is -8.95. The highest BCUT2D eigenvalue weighted by Crippen LogP contribution is 2.36. The van der Waals surface area contributed by atoms with E-state index in [4.69, 9.17) is 5.11 Å². The van der Waals surface area contributed by atoms with Crippen LogP contribution in [0, 0.1) is 5.92 Å². The predicted molar refractivity (Wildman–Crippen MR) is 47.9 cm³/mol. The summed E-state index contributed by atoms with van der Waals surface area (Å²) in [5.41, 5.74) is 0. The monoisotopic (exact) mass is 275 g/mol. The standard InChI is InChI=1S/C9H10F5NO3/c10-8(11)4-15(7(18)9(12,13)14)2-1-5(8)3-6(16)17/h5H,1-4H2,(H,16,17). The van der Waals surface area contributed by atoms with Crippen LogP contribution in [0.15, 0.2) is 0 Å². The summed E-state index contributed by atoms with van der Waals surface area (Å²) in [6.45, 7) is -1.92. The first-order valence-electron chi connectivity index (χ1n) is 5.00. The van der Waals surface area contributed by atoms with Crippen LogP contribution in [0.3, 0.4) is 0 Å². The number of carbonyl (C=O) groups excluding carboxylic acids is 1. The molecule has 1 heterocycles. The molecule has 4 nitrogen and oxygen atoms in total. The number of halogens is 5. The normalized spacial score (nSPS) is 23.8. The summed E-state index contributed by atoms with van der Waals surface area (Å²) in [6.07, 6.45) is -6.50. The van der Waals surface area contributed by atoms with Gasteiger partial charge >= 0.3 is 18.1 Å². The van der Waals surface area contributed by atoms with Crippen molar-refractivity contribution in [2.75, 3.05) is 13.1 Å². The first-order valence-corrected chi connectivity index (χ1v) is 5.00. The third kappa shape index (κ3) is 3.30. The van der Waals surface area contributed by atoms with Crippen molar-refractivity contribution in [1.29, 1.82) is 0 Å². The number of carbonyl (C=O) groups is 2. The maximum Gasteiger partial charge on any atom is 0.471 e. The van der Waals surface area contributed by atoms with E-state index in [0.717, 1.165) is 0 Å². The van der Waals surface area contributed by atoms with Crippen molar-refractivity contribution in [2.45, 2.75) is 24.9 Å². The van der Waals surface area contributed by atoms with Crippen LogP contribution >= 0.6 is 0 Å². The molecule has 0 aliphatic carbocycles. The molecule has 0 spiro atoms. The van der Waals surface area contributed by atoms with Gasteiger partial charge in [-0.3, -0.25) is 9.59 Å². The SMILES string of the molecule is O=C(O)CC1CCN(C(=O)C(F)(F)F)CC1(F)F. The molecule has 1 aliphatic rings. The van der Waals surface area contributed by atoms with Crippen molar-refractivity contribution < 1.29 is 36.6 Å². The topological polar surface area (TPSA) is 57.6 Å². The number of hydrogen-bond donors (Lipinski definition) is 1. The van der Waals surface area contributed by atoms with Crippen LogP contribution in [0.1, 0.15) is 12.8 Å². The van der Waals surface area contributed by atoms with Gasteiger partial charge in [0.1, 0.15) is 0 Å². The van der Waals surface area contributed by atoms with Gasteiger partial charge in [0.05, 0.1) is 13.0 Å². The van der Waals surface area contributed by atoms with Crippen LogP contribution in [-0.4, -0.2) is 47.1 Å². The first-order chi connectivity index (χ1) is 8.04. The van der Waals surface area contributed by atoms with Crippen molar-refractivity contribution in [3.8, 4) is 0 Å². The van der Waals surface area contributed by atoms with Crippen LogP contribution in [-0.2, 0) is 9.59 Å². The van der Waals surface area contributed by atoms with Crippen molar-refractivity contribution in [1.82, 2.24) is 4.90 Å². The van der Waals surface area contributed by atoms with E-state index in [1.54, 1.807) is 0 Å². The summed E-state index contributed by atoms with van der Waals surface area (Å²) in [4.78, 5) is 21.1. The number of carboxylic acids is 1. The van der Waals surface area contributed by atoms with E-state index in [-0.39, 0.29) is 4.90 Å². The number of piperidine rings is 1. The molecule has 0 bridgehead atoms. The number of nitrogens with zero attached hydrogens (tertiary/aromatic N) is 1. The Morgan fingerprint density at radius 3 is 2.28 bits per heavy atom. The number of hydrogen-bond acceptors (Lipinski definition) is 2. The summed E-state index contributed by atoms with van der Waals surface area (Å²) in [7, 11) is 0. The minimum atomic E-state index is -5.20. The highest BCUT2D eigenvalue weighted by molar-refractivity contribution is 5.82. The minimum absolute atomic E-state index is 0.0123. The lowest BCUT2D eigenvalue weighted by atomic mass is 9.90. The Balaban J connectivity index is 2.74. The fourth-order valence-corrected chi connectivity index (χ4v) is 1.80. The Morgan fingerprint density at radius 2 is 1.89 bits per heavy atom. The predicted octanol–water partition coefficient (Wildman–Crippen LogP) is 1.51. The zero-order valence-electron chi connectivity index (χ0n) is 9.01. The van der Waals surface area contributed by atoms with Gasteiger partial charge in [0.15, 0.2) is 0 Å². The second-order valence-corrected chi connectivity index (χ2v) is 4.07. The van der Waals surface area contributed by atoms with Crippen molar-refractivity contribution in [3.05, 3.63) is 0 Å². The Bertz CT molecular complexity index is 355. The largest absolute Gasteiger partial charge is 0.481 e. The average molecular weight is 275 g/mol. The minimum Gasteiger partial charge on any atom is -0.481 e. The van der Waals surface area contributed by atoms with E-state index >= 15 is 0 Å². The molecule has 1 rings (SSSR count). The Labute approximate surface area is 98.4 Å². The highest BCUT2D eigenvalue weighted by Gasteiger charge is 2.51. The third-order valence-electron chi connectivity index (χ3n) is 2.70. The van der Waals surface area contributed by atoms with Gasteiger partial charge in [-0.15, -0.1) is 0 Å². The molecule has 0 saturated carbocycles. The molecule has 0 aromatic rings. The number of aliphatic carboxylic acids is 1. The fourth-order valence-electron chi connectivity index (χ4n) is 1.80. The molecule has 1 atom stereocenters. The Hall–Kier alpha value is -1.41. The lowest BCUT2D eigenvalue weighted by molar-refractivity contribution is -0.197. The molecule has 1 fully saturated rings. The lowest BCUT2D eigenvalue weighted by Gasteiger charge is -2.37. The summed E-state index contributed by atoms with van der Waals surface area (Å²) >= 11 is 0. The molecule has 1 N–H and O–H groups in total. The van der Waals surface area contributed by atoms with Crippen LogP contribution in [0.5, 0.6) is 0 Å². The van der Waals surface area contributed by atoms with Crippen molar-refractivity contribution in [2.24, 2.45) is 5.92 Å². The van der Waals surface area contributed by atoms with Gasteiger partial charge in [0.2, 0.25) is 0 Å². The van der Waals surface area contributed by atoms with Gasteiger partial charge in [-0.1, -0.05) is 0 Å². The van der Waals surface area contributed by atoms with E-state index < -0.39 is 55.8 Å². The number of amides is 1. The summed E-state index contributed by atoms with van der Waals surface area (Å²) in [5, 5.41) is 8.41. The fraction of sp³-hybridized carbons (Fsp3) is 0.778. The van der Waals surface area contributed by atoms with E-state index in [0.29, 0.717) is 0 Å². The molecule has 1 saturated heterocycles. The smallest absolute Gasteiger partial charge is 0.471 e. The van der Waals surface area contributed by atoms with Crippen molar-refractivity contribution in [3.63, 3.8) is 0 Å². The van der Waals surface area contributed by atoms with Crippen molar-refractivity contribution >= 4 is 11.9 Å². The lowest BCUT2D eigenvalue weighted by Crippen LogP contribution is -2.54. The number of alkyl halides is 5. The second kappa shape index (κ2) is 4.69. The maximum atomic E-state index is 13.4. The van der Waals surface area contributed by atoms with Gasteiger partial charge < -0.3 is 10.0 Å². The molecule has 1 aliphatic heterocycles. The quantitative estimate of drug-likeness (QED) is 0.777. The van der Waals surface area contributed by atoms with E-state index in [1.807, 2.05) is 0 Å². The van der Waals surface area contributed by atoms with E-state index in [1.165, 1.54) is 0 Å². The number of carboxylic acid groups (broad SMARTS) is 1. The third-order valence-corrected chi connectivity index (χ3v) is 2.70. The molecule has 0 aromatic carbocycles. The molecular weight excluding hydrogens is 265 g/mol. The summed E-state index contributed by atoms with van der Waals surface area (Å²) in [6, 6.07) is 0. The first kappa shape index (κ1) is 14.7. The van der Waals surface area contributed by atoms with Gasteiger partial charge in [-0.2, -0.15) is 13.2 Å². The van der Waals surface area contributed by atoms with E-state index in [2.05, 4.69) is 0 Å². The second-order valence-electron chi connectivity index (χ2n) is 4.07. The molecule has 9 heteroatoms. The van der Waals surface area contributed by atoms with Gasteiger partial charge in [0.25, 0.3) is 5.92 Å². The molecule has 104 valence electrons. The molecule has 0 aromatic heterocycles. The van der Waals surface area contributed by atoms with Crippen LogP contribution in [0.25, 0.3) is 0 Å². The zero-order valence-corrected chi connectivity index (χ0v) is 9.01. The van der Waals surface area contributed by atoms with Gasteiger partial charge in [0, 0.05) is 12.5 Å².